The average molecular weight is 365 g/mol. The lowest BCUT2D eigenvalue weighted by atomic mass is 10.0. The van der Waals surface area contributed by atoms with Crippen LogP contribution in [0.2, 0.25) is 0 Å². The van der Waals surface area contributed by atoms with E-state index in [1.165, 1.54) is 13.2 Å². The molecular formula is C19H15N3O5. The van der Waals surface area contributed by atoms with Gasteiger partial charge in [0.05, 0.1) is 12.3 Å². The van der Waals surface area contributed by atoms with Gasteiger partial charge in [0.2, 0.25) is 0 Å². The van der Waals surface area contributed by atoms with E-state index in [9.17, 15) is 14.9 Å². The molecule has 27 heavy (non-hydrogen) atoms. The van der Waals surface area contributed by atoms with Crippen LogP contribution in [0.5, 0.6) is 0 Å². The minimum atomic E-state index is -0.697. The molecule has 1 N–H and O–H groups in total. The molecule has 2 aromatic carbocycles. The van der Waals surface area contributed by atoms with E-state index in [2.05, 4.69) is 15.3 Å². The van der Waals surface area contributed by atoms with Crippen LogP contribution in [0, 0.1) is 10.1 Å². The van der Waals surface area contributed by atoms with Crippen molar-refractivity contribution in [1.29, 1.82) is 0 Å². The standard InChI is InChI=1S/C19H15N3O5/c1-26-20-12-13-5-4-6-14(11-13)15-7-2-3-8-16(15)21-19(23)17-9-10-18(27-17)22(24)25/h2-12H,1H3,(H,21,23)/b20-12+. The van der Waals surface area contributed by atoms with E-state index in [1.807, 2.05) is 36.4 Å². The molecule has 8 heteroatoms. The maximum absolute atomic E-state index is 12.4. The zero-order valence-corrected chi connectivity index (χ0v) is 14.3. The first-order chi connectivity index (χ1) is 13.1. The molecule has 0 saturated heterocycles. The summed E-state index contributed by atoms with van der Waals surface area (Å²) in [6.07, 6.45) is 1.58. The molecule has 3 rings (SSSR count). The van der Waals surface area contributed by atoms with E-state index in [0.29, 0.717) is 5.69 Å². The SMILES string of the molecule is CO/N=C/c1cccc(-c2ccccc2NC(=O)c2ccc([N+](=O)[O-])o2)c1. The summed E-state index contributed by atoms with van der Waals surface area (Å²) in [5.74, 6) is -1.20. The lowest BCUT2D eigenvalue weighted by molar-refractivity contribution is -0.402. The van der Waals surface area contributed by atoms with Crippen LogP contribution >= 0.6 is 0 Å². The summed E-state index contributed by atoms with van der Waals surface area (Å²) in [6.45, 7) is 0. The van der Waals surface area contributed by atoms with Gasteiger partial charge in [0.15, 0.2) is 5.76 Å². The van der Waals surface area contributed by atoms with Gasteiger partial charge in [-0.15, -0.1) is 0 Å². The second-order valence-corrected chi connectivity index (χ2v) is 5.44. The smallest absolute Gasteiger partial charge is 0.399 e. The van der Waals surface area contributed by atoms with Gasteiger partial charge in [-0.3, -0.25) is 14.9 Å². The first kappa shape index (κ1) is 17.9. The highest BCUT2D eigenvalue weighted by Gasteiger charge is 2.18. The molecular weight excluding hydrogens is 350 g/mol. The molecule has 0 bridgehead atoms. The summed E-state index contributed by atoms with van der Waals surface area (Å²) >= 11 is 0. The highest BCUT2D eigenvalue weighted by molar-refractivity contribution is 6.04. The maximum atomic E-state index is 12.4. The molecule has 0 atom stereocenters. The van der Waals surface area contributed by atoms with Crippen molar-refractivity contribution in [2.75, 3.05) is 12.4 Å². The number of carbonyl (C=O) groups is 1. The van der Waals surface area contributed by atoms with Crippen LogP contribution in [0.1, 0.15) is 16.1 Å². The topological polar surface area (TPSA) is 107 Å². The number of hydrogen-bond acceptors (Lipinski definition) is 6. The van der Waals surface area contributed by atoms with Crippen molar-refractivity contribution < 1.29 is 19.0 Å². The van der Waals surface area contributed by atoms with Crippen molar-refractivity contribution in [2.24, 2.45) is 5.16 Å². The van der Waals surface area contributed by atoms with Crippen molar-refractivity contribution >= 4 is 23.7 Å². The van der Waals surface area contributed by atoms with Crippen LogP contribution in [0.25, 0.3) is 11.1 Å². The van der Waals surface area contributed by atoms with Gasteiger partial charge >= 0.3 is 5.88 Å². The summed E-state index contributed by atoms with van der Waals surface area (Å²) in [7, 11) is 1.46. The fourth-order valence-electron chi connectivity index (χ4n) is 2.48. The van der Waals surface area contributed by atoms with Crippen molar-refractivity contribution in [3.05, 3.63) is 82.1 Å². The Labute approximate surface area is 154 Å². The first-order valence-electron chi connectivity index (χ1n) is 7.90. The second-order valence-electron chi connectivity index (χ2n) is 5.44. The molecule has 0 aliphatic carbocycles. The third-order valence-corrected chi connectivity index (χ3v) is 3.68. The van der Waals surface area contributed by atoms with Gasteiger partial charge in [-0.25, -0.2) is 0 Å². The highest BCUT2D eigenvalue weighted by Crippen LogP contribution is 2.29. The van der Waals surface area contributed by atoms with E-state index in [4.69, 9.17) is 4.42 Å². The number of carbonyl (C=O) groups excluding carboxylic acids is 1. The number of benzene rings is 2. The molecule has 0 aliphatic heterocycles. The van der Waals surface area contributed by atoms with Crippen LogP contribution < -0.4 is 5.32 Å². The molecule has 136 valence electrons. The van der Waals surface area contributed by atoms with E-state index in [-0.39, 0.29) is 5.76 Å². The Balaban J connectivity index is 1.89. The van der Waals surface area contributed by atoms with Crippen molar-refractivity contribution in [3.63, 3.8) is 0 Å². The van der Waals surface area contributed by atoms with E-state index in [1.54, 1.807) is 18.3 Å². The van der Waals surface area contributed by atoms with Crippen LogP contribution in [-0.2, 0) is 4.84 Å². The number of nitro groups is 1. The Morgan fingerprint density at radius 3 is 2.74 bits per heavy atom. The summed E-state index contributed by atoms with van der Waals surface area (Å²) in [5.41, 5.74) is 3.01. The second kappa shape index (κ2) is 7.96. The fraction of sp³-hybridized carbons (Fsp3) is 0.0526. The van der Waals surface area contributed by atoms with Gasteiger partial charge in [0.1, 0.15) is 12.0 Å². The van der Waals surface area contributed by atoms with Gasteiger partial charge in [-0.05, 0) is 29.3 Å². The number of nitrogens with zero attached hydrogens (tertiary/aromatic N) is 2. The minimum absolute atomic E-state index is 0.141. The third kappa shape index (κ3) is 4.18. The zero-order chi connectivity index (χ0) is 19.2. The number of amides is 1. The van der Waals surface area contributed by atoms with Gasteiger partial charge < -0.3 is 14.6 Å². The summed E-state index contributed by atoms with van der Waals surface area (Å²) in [6, 6.07) is 17.1. The molecule has 0 unspecified atom stereocenters. The van der Waals surface area contributed by atoms with Gasteiger partial charge in [0, 0.05) is 11.3 Å². The first-order valence-corrected chi connectivity index (χ1v) is 7.90. The third-order valence-electron chi connectivity index (χ3n) is 3.68. The number of anilines is 1. The molecule has 1 heterocycles. The molecule has 3 aromatic rings. The number of nitrogens with one attached hydrogen (secondary N) is 1. The van der Waals surface area contributed by atoms with Crippen LogP contribution in [0.3, 0.4) is 0 Å². The Kier molecular flexibility index (Phi) is 5.27. The van der Waals surface area contributed by atoms with Crippen molar-refractivity contribution in [1.82, 2.24) is 0 Å². The van der Waals surface area contributed by atoms with Gasteiger partial charge in [-0.2, -0.15) is 0 Å². The summed E-state index contributed by atoms with van der Waals surface area (Å²) < 4.78 is 4.95. The zero-order valence-electron chi connectivity index (χ0n) is 14.3. The van der Waals surface area contributed by atoms with Gasteiger partial charge in [0.25, 0.3) is 5.91 Å². The predicted molar refractivity (Wildman–Crippen MR) is 99.8 cm³/mol. The molecule has 0 aliphatic rings. The van der Waals surface area contributed by atoms with Crippen LogP contribution in [-0.4, -0.2) is 24.2 Å². The maximum Gasteiger partial charge on any atom is 0.433 e. The molecule has 0 spiro atoms. The summed E-state index contributed by atoms with van der Waals surface area (Å²) in [4.78, 5) is 27.1. The lowest BCUT2D eigenvalue weighted by Gasteiger charge is -2.11. The lowest BCUT2D eigenvalue weighted by Crippen LogP contribution is -2.11. The number of oxime groups is 1. The van der Waals surface area contributed by atoms with Crippen LogP contribution in [0.4, 0.5) is 11.6 Å². The normalized spacial score (nSPS) is 10.7. The molecule has 0 saturated carbocycles. The van der Waals surface area contributed by atoms with E-state index in [0.717, 1.165) is 22.8 Å². The largest absolute Gasteiger partial charge is 0.433 e. The molecule has 0 radical (unpaired) electrons. The monoisotopic (exact) mass is 365 g/mol. The number of rotatable bonds is 6. The van der Waals surface area contributed by atoms with E-state index < -0.39 is 16.7 Å². The number of furan rings is 1. The fourth-order valence-corrected chi connectivity index (χ4v) is 2.48. The Hall–Kier alpha value is -3.94. The van der Waals surface area contributed by atoms with Crippen molar-refractivity contribution in [2.45, 2.75) is 0 Å². The Bertz CT molecular complexity index is 1010. The predicted octanol–water partition coefficient (Wildman–Crippen LogP) is 4.09. The van der Waals surface area contributed by atoms with Crippen molar-refractivity contribution in [3.8, 4) is 11.1 Å². The molecule has 1 amide bonds. The van der Waals surface area contributed by atoms with E-state index >= 15 is 0 Å². The molecule has 8 nitrogen and oxygen atoms in total. The number of hydrogen-bond donors (Lipinski definition) is 1. The Morgan fingerprint density at radius 2 is 2.00 bits per heavy atom. The average Bonchev–Trinajstić information content (AvgIpc) is 3.18. The number of para-hydroxylation sites is 1. The molecule has 1 aromatic heterocycles. The quantitative estimate of drug-likeness (QED) is 0.402. The minimum Gasteiger partial charge on any atom is -0.399 e. The highest BCUT2D eigenvalue weighted by atomic mass is 16.6. The molecule has 0 fully saturated rings. The van der Waals surface area contributed by atoms with Crippen LogP contribution in [0.15, 0.2) is 70.2 Å². The summed E-state index contributed by atoms with van der Waals surface area (Å²) in [5, 5.41) is 17.2. The van der Waals surface area contributed by atoms with Gasteiger partial charge in [-0.1, -0.05) is 41.6 Å². The Morgan fingerprint density at radius 1 is 1.19 bits per heavy atom.